The van der Waals surface area contributed by atoms with Crippen molar-refractivity contribution in [2.24, 2.45) is 0 Å². The zero-order chi connectivity index (χ0) is 13.1. The summed E-state index contributed by atoms with van der Waals surface area (Å²) in [4.78, 5) is 9.11. The second-order valence-corrected chi connectivity index (χ2v) is 6.57. The highest BCUT2D eigenvalue weighted by molar-refractivity contribution is 9.10. The molecule has 0 bridgehead atoms. The van der Waals surface area contributed by atoms with E-state index in [0.717, 1.165) is 34.8 Å². The summed E-state index contributed by atoms with van der Waals surface area (Å²) in [5, 5.41) is 0. The number of aromatic nitrogens is 1. The van der Waals surface area contributed by atoms with Gasteiger partial charge in [-0.15, -0.1) is 0 Å². The molecule has 0 aliphatic carbocycles. The van der Waals surface area contributed by atoms with Crippen LogP contribution < -0.4 is 9.62 Å². The van der Waals surface area contributed by atoms with Crippen LogP contribution in [0.4, 0.5) is 11.5 Å². The Balaban J connectivity index is 2.08. The minimum Gasteiger partial charge on any atom is -0.352 e. The molecule has 2 rings (SSSR count). The van der Waals surface area contributed by atoms with E-state index < -0.39 is 0 Å². The Bertz CT molecular complexity index is 407. The van der Waals surface area contributed by atoms with Crippen LogP contribution in [0.1, 0.15) is 6.92 Å². The van der Waals surface area contributed by atoms with Crippen LogP contribution in [-0.2, 0) is 0 Å². The van der Waals surface area contributed by atoms with Crippen LogP contribution in [0.3, 0.4) is 0 Å². The third-order valence-corrected chi connectivity index (χ3v) is 4.14. The Morgan fingerprint density at radius 2 is 2.28 bits per heavy atom. The summed E-state index contributed by atoms with van der Waals surface area (Å²) in [7, 11) is 4.26. The van der Waals surface area contributed by atoms with Gasteiger partial charge in [0.1, 0.15) is 0 Å². The van der Waals surface area contributed by atoms with E-state index in [1.807, 2.05) is 6.20 Å². The van der Waals surface area contributed by atoms with E-state index in [0.29, 0.717) is 6.04 Å². The van der Waals surface area contributed by atoms with Crippen molar-refractivity contribution in [3.8, 4) is 0 Å². The normalized spacial score (nSPS) is 15.9. The number of nitrogens with zero attached hydrogens (tertiary/aromatic N) is 3. The summed E-state index contributed by atoms with van der Waals surface area (Å²) in [6, 6.07) is 2.73. The van der Waals surface area contributed by atoms with Gasteiger partial charge in [0.25, 0.3) is 0 Å². The molecule has 0 saturated carbocycles. The van der Waals surface area contributed by atoms with Gasteiger partial charge in [0.05, 0.1) is 5.69 Å². The predicted molar refractivity (Wildman–Crippen MR) is 83.4 cm³/mol. The van der Waals surface area contributed by atoms with Gasteiger partial charge in [-0.3, -0.25) is 0 Å². The van der Waals surface area contributed by atoms with Crippen LogP contribution in [0.2, 0.25) is 0 Å². The van der Waals surface area contributed by atoms with Crippen molar-refractivity contribution in [3.05, 3.63) is 16.7 Å². The Morgan fingerprint density at radius 3 is 2.89 bits per heavy atom. The predicted octanol–water partition coefficient (Wildman–Crippen LogP) is 2.67. The molecule has 1 saturated heterocycles. The van der Waals surface area contributed by atoms with Gasteiger partial charge in [-0.25, -0.2) is 4.98 Å². The lowest BCUT2D eigenvalue weighted by Gasteiger charge is -2.44. The molecule has 0 radical (unpaired) electrons. The molecule has 6 heteroatoms. The van der Waals surface area contributed by atoms with E-state index in [1.165, 1.54) is 0 Å². The van der Waals surface area contributed by atoms with Gasteiger partial charge in [0, 0.05) is 35.6 Å². The van der Waals surface area contributed by atoms with Crippen LogP contribution in [0.15, 0.2) is 16.7 Å². The summed E-state index contributed by atoms with van der Waals surface area (Å²) >= 11 is 5.17. The molecule has 0 amide bonds. The van der Waals surface area contributed by atoms with Gasteiger partial charge < -0.3 is 14.5 Å². The topological polar surface area (TPSA) is 31.4 Å². The maximum Gasteiger partial charge on any atom is 0.153 e. The zero-order valence-corrected chi connectivity index (χ0v) is 13.4. The van der Waals surface area contributed by atoms with Crippen LogP contribution in [0, 0.1) is 0 Å². The Morgan fingerprint density at radius 1 is 1.56 bits per heavy atom. The van der Waals surface area contributed by atoms with Crippen molar-refractivity contribution in [1.29, 1.82) is 0 Å². The fraction of sp³-hybridized carbons (Fsp3) is 0.583. The first-order valence-corrected chi connectivity index (χ1v) is 7.84. The number of pyridine rings is 1. The number of rotatable bonds is 5. The minimum atomic E-state index is 0.641. The highest BCUT2D eigenvalue weighted by atomic mass is 79.9. The van der Waals surface area contributed by atoms with Gasteiger partial charge in [-0.1, -0.05) is 18.9 Å². The van der Waals surface area contributed by atoms with Crippen molar-refractivity contribution in [1.82, 2.24) is 9.88 Å². The van der Waals surface area contributed by atoms with E-state index in [9.17, 15) is 0 Å². The lowest BCUT2D eigenvalue weighted by Crippen LogP contribution is -2.57. The number of hydrogen-bond acceptors (Lipinski definition) is 5. The molecule has 1 aliphatic rings. The van der Waals surface area contributed by atoms with Crippen molar-refractivity contribution in [3.63, 3.8) is 0 Å². The van der Waals surface area contributed by atoms with E-state index in [4.69, 9.17) is 0 Å². The summed E-state index contributed by atoms with van der Waals surface area (Å²) in [6.07, 6.45) is 1.86. The third-order valence-electron chi connectivity index (χ3n) is 3.05. The number of anilines is 2. The van der Waals surface area contributed by atoms with Gasteiger partial charge in [0.15, 0.2) is 5.82 Å². The second kappa shape index (κ2) is 6.12. The zero-order valence-electron chi connectivity index (χ0n) is 11.0. The van der Waals surface area contributed by atoms with E-state index in [2.05, 4.69) is 62.5 Å². The molecular formula is C12H19BrN4S. The largest absolute Gasteiger partial charge is 0.352 e. The van der Waals surface area contributed by atoms with Crippen molar-refractivity contribution < 1.29 is 0 Å². The van der Waals surface area contributed by atoms with E-state index >= 15 is 0 Å². The molecule has 1 aromatic heterocycles. The van der Waals surface area contributed by atoms with Crippen molar-refractivity contribution >= 4 is 39.4 Å². The Kier molecular flexibility index (Phi) is 4.75. The first kappa shape index (κ1) is 14.0. The highest BCUT2D eigenvalue weighted by Gasteiger charge is 2.30. The molecule has 4 nitrogen and oxygen atoms in total. The van der Waals surface area contributed by atoms with Gasteiger partial charge >= 0.3 is 0 Å². The van der Waals surface area contributed by atoms with Crippen LogP contribution in [0.25, 0.3) is 0 Å². The summed E-state index contributed by atoms with van der Waals surface area (Å²) in [5.74, 6) is 2.09. The average molecular weight is 331 g/mol. The maximum absolute atomic E-state index is 4.53. The molecule has 0 unspecified atom stereocenters. The quantitative estimate of drug-likeness (QED) is 0.839. The fourth-order valence-corrected chi connectivity index (χ4v) is 2.65. The number of hydrogen-bond donors (Lipinski definition) is 1. The number of halogens is 1. The smallest absolute Gasteiger partial charge is 0.153 e. The molecule has 1 fully saturated rings. The summed E-state index contributed by atoms with van der Waals surface area (Å²) in [5.41, 5.74) is 1.09. The molecule has 1 aliphatic heterocycles. The fourth-order valence-electron chi connectivity index (χ4n) is 1.86. The SMILES string of the molecule is CCSNc1cc(Br)cnc1N1CC(N(C)C)C1. The van der Waals surface area contributed by atoms with E-state index in [1.54, 1.807) is 11.9 Å². The number of likely N-dealkylation sites (N-methyl/N-ethyl adjacent to an activating group) is 1. The first-order chi connectivity index (χ1) is 8.61. The Hall–Kier alpha value is -0.460. The monoisotopic (exact) mass is 330 g/mol. The second-order valence-electron chi connectivity index (χ2n) is 4.58. The van der Waals surface area contributed by atoms with Crippen molar-refractivity contribution in [2.45, 2.75) is 13.0 Å². The minimum absolute atomic E-state index is 0.641. The summed E-state index contributed by atoms with van der Waals surface area (Å²) < 4.78 is 4.38. The first-order valence-electron chi connectivity index (χ1n) is 6.06. The molecule has 100 valence electrons. The molecular weight excluding hydrogens is 312 g/mol. The molecule has 0 atom stereocenters. The van der Waals surface area contributed by atoms with E-state index in [-0.39, 0.29) is 0 Å². The molecule has 1 aromatic rings. The number of nitrogens with one attached hydrogen (secondary N) is 1. The average Bonchev–Trinajstić information content (AvgIpc) is 2.26. The lowest BCUT2D eigenvalue weighted by molar-refractivity contribution is 0.246. The van der Waals surface area contributed by atoms with Gasteiger partial charge in [-0.2, -0.15) is 0 Å². The van der Waals surface area contributed by atoms with Gasteiger partial charge in [0.2, 0.25) is 0 Å². The van der Waals surface area contributed by atoms with Crippen LogP contribution in [-0.4, -0.2) is 48.9 Å². The highest BCUT2D eigenvalue weighted by Crippen LogP contribution is 2.31. The lowest BCUT2D eigenvalue weighted by atomic mass is 10.1. The maximum atomic E-state index is 4.53. The van der Waals surface area contributed by atoms with Crippen molar-refractivity contribution in [2.75, 3.05) is 42.6 Å². The third kappa shape index (κ3) is 3.10. The standard InChI is InChI=1S/C12H19BrN4S/c1-4-18-15-11-5-9(13)6-14-12(11)17-7-10(8-17)16(2)3/h5-6,10,15H,4,7-8H2,1-3H3. The molecule has 2 heterocycles. The molecule has 0 aromatic carbocycles. The Labute approximate surface area is 121 Å². The molecule has 1 N–H and O–H groups in total. The molecule has 18 heavy (non-hydrogen) atoms. The summed E-state index contributed by atoms with van der Waals surface area (Å²) in [6.45, 7) is 4.23. The van der Waals surface area contributed by atoms with Crippen LogP contribution >= 0.6 is 27.9 Å². The van der Waals surface area contributed by atoms with Crippen LogP contribution in [0.5, 0.6) is 0 Å². The van der Waals surface area contributed by atoms with Gasteiger partial charge in [-0.05, 0) is 36.1 Å². The molecule has 0 spiro atoms.